The van der Waals surface area contributed by atoms with Gasteiger partial charge in [0.1, 0.15) is 6.04 Å². The van der Waals surface area contributed by atoms with Gasteiger partial charge in [-0.05, 0) is 18.8 Å². The summed E-state index contributed by atoms with van der Waals surface area (Å²) >= 11 is 0. The Hall–Kier alpha value is -1.26. The first kappa shape index (κ1) is 14.8. The highest BCUT2D eigenvalue weighted by Gasteiger charge is 2.27. The van der Waals surface area contributed by atoms with Gasteiger partial charge in [-0.2, -0.15) is 0 Å². The maximum atomic E-state index is 11.9. The molecule has 0 aliphatic carbocycles. The van der Waals surface area contributed by atoms with Gasteiger partial charge in [0.25, 0.3) is 0 Å². The molecular formula is C13H24N2O3. The summed E-state index contributed by atoms with van der Waals surface area (Å²) in [4.78, 5) is 24.7. The van der Waals surface area contributed by atoms with Gasteiger partial charge in [0.15, 0.2) is 0 Å². The van der Waals surface area contributed by atoms with Crippen LogP contribution in [-0.2, 0) is 4.79 Å². The summed E-state index contributed by atoms with van der Waals surface area (Å²) < 4.78 is 0. The number of nitrogens with one attached hydrogen (secondary N) is 1. The van der Waals surface area contributed by atoms with Gasteiger partial charge in [0.2, 0.25) is 0 Å². The molecule has 1 rings (SSSR count). The molecule has 1 heterocycles. The van der Waals surface area contributed by atoms with Crippen molar-refractivity contribution in [1.82, 2.24) is 10.2 Å². The number of urea groups is 1. The topological polar surface area (TPSA) is 69.6 Å². The largest absolute Gasteiger partial charge is 0.480 e. The van der Waals surface area contributed by atoms with Gasteiger partial charge in [-0.25, -0.2) is 9.59 Å². The Morgan fingerprint density at radius 3 is 2.67 bits per heavy atom. The third kappa shape index (κ3) is 4.20. The minimum Gasteiger partial charge on any atom is -0.480 e. The van der Waals surface area contributed by atoms with E-state index in [1.54, 1.807) is 4.90 Å². The molecule has 0 spiro atoms. The lowest BCUT2D eigenvalue weighted by atomic mass is 10.1. The number of carboxylic acids is 1. The maximum absolute atomic E-state index is 11.9. The number of aliphatic carboxylic acids is 1. The molecule has 1 aliphatic rings. The van der Waals surface area contributed by atoms with Crippen LogP contribution in [0.15, 0.2) is 0 Å². The van der Waals surface area contributed by atoms with Crippen molar-refractivity contribution >= 4 is 12.0 Å². The SMILES string of the molecule is CCCCC(NC(=O)N1CCC(CC)C1)C(=O)O. The molecule has 0 saturated carbocycles. The quantitative estimate of drug-likeness (QED) is 0.764. The molecule has 2 atom stereocenters. The Labute approximate surface area is 109 Å². The van der Waals surface area contributed by atoms with Crippen LogP contribution in [0.3, 0.4) is 0 Å². The Kier molecular flexibility index (Phi) is 5.95. The predicted molar refractivity (Wildman–Crippen MR) is 69.5 cm³/mol. The Balaban J connectivity index is 2.43. The minimum atomic E-state index is -0.942. The molecule has 0 aromatic rings. The number of carbonyl (C=O) groups excluding carboxylic acids is 1. The summed E-state index contributed by atoms with van der Waals surface area (Å²) in [5.41, 5.74) is 0. The van der Waals surface area contributed by atoms with Gasteiger partial charge in [0, 0.05) is 13.1 Å². The zero-order chi connectivity index (χ0) is 13.5. The van der Waals surface area contributed by atoms with Crippen LogP contribution in [0.5, 0.6) is 0 Å². The van der Waals surface area contributed by atoms with E-state index in [1.807, 2.05) is 6.92 Å². The lowest BCUT2D eigenvalue weighted by molar-refractivity contribution is -0.139. The van der Waals surface area contributed by atoms with E-state index >= 15 is 0 Å². The van der Waals surface area contributed by atoms with Crippen molar-refractivity contribution in [3.8, 4) is 0 Å². The van der Waals surface area contributed by atoms with E-state index in [4.69, 9.17) is 5.11 Å². The molecule has 2 unspecified atom stereocenters. The van der Waals surface area contributed by atoms with Crippen LogP contribution in [0.25, 0.3) is 0 Å². The zero-order valence-electron chi connectivity index (χ0n) is 11.3. The van der Waals surface area contributed by atoms with Gasteiger partial charge in [-0.3, -0.25) is 0 Å². The highest BCUT2D eigenvalue weighted by molar-refractivity contribution is 5.82. The first-order valence-electron chi connectivity index (χ1n) is 6.86. The number of nitrogens with zero attached hydrogens (tertiary/aromatic N) is 1. The van der Waals surface area contributed by atoms with E-state index in [0.717, 1.165) is 38.8 Å². The van der Waals surface area contributed by atoms with Gasteiger partial charge in [-0.1, -0.05) is 33.1 Å². The van der Waals surface area contributed by atoms with Crippen LogP contribution in [0.2, 0.25) is 0 Å². The lowest BCUT2D eigenvalue weighted by Crippen LogP contribution is -2.47. The molecule has 2 N–H and O–H groups in total. The van der Waals surface area contributed by atoms with E-state index in [1.165, 1.54) is 0 Å². The van der Waals surface area contributed by atoms with E-state index in [-0.39, 0.29) is 6.03 Å². The fourth-order valence-electron chi connectivity index (χ4n) is 2.26. The first-order chi connectivity index (χ1) is 8.58. The molecule has 1 fully saturated rings. The average Bonchev–Trinajstić information content (AvgIpc) is 2.82. The molecular weight excluding hydrogens is 232 g/mol. The smallest absolute Gasteiger partial charge is 0.326 e. The number of carbonyl (C=O) groups is 2. The second kappa shape index (κ2) is 7.24. The van der Waals surface area contributed by atoms with Crippen molar-refractivity contribution in [1.29, 1.82) is 0 Å². The highest BCUT2D eigenvalue weighted by Crippen LogP contribution is 2.19. The van der Waals surface area contributed by atoms with Gasteiger partial charge in [-0.15, -0.1) is 0 Å². The molecule has 18 heavy (non-hydrogen) atoms. The van der Waals surface area contributed by atoms with Crippen LogP contribution < -0.4 is 5.32 Å². The van der Waals surface area contributed by atoms with Gasteiger partial charge in [0.05, 0.1) is 0 Å². The third-order valence-corrected chi connectivity index (χ3v) is 3.59. The third-order valence-electron chi connectivity index (χ3n) is 3.59. The number of unbranched alkanes of at least 4 members (excludes halogenated alkanes) is 1. The second-order valence-electron chi connectivity index (χ2n) is 4.99. The number of hydrogen-bond donors (Lipinski definition) is 2. The molecule has 5 nitrogen and oxygen atoms in total. The van der Waals surface area contributed by atoms with Crippen molar-refractivity contribution in [3.05, 3.63) is 0 Å². The molecule has 0 bridgehead atoms. The van der Waals surface area contributed by atoms with Crippen LogP contribution in [-0.4, -0.2) is 41.1 Å². The molecule has 0 aromatic carbocycles. The van der Waals surface area contributed by atoms with E-state index in [0.29, 0.717) is 12.3 Å². The summed E-state index contributed by atoms with van der Waals surface area (Å²) in [6.45, 7) is 5.62. The first-order valence-corrected chi connectivity index (χ1v) is 6.86. The van der Waals surface area contributed by atoms with Crippen molar-refractivity contribution in [3.63, 3.8) is 0 Å². The van der Waals surface area contributed by atoms with Crippen LogP contribution in [0.4, 0.5) is 4.79 Å². The van der Waals surface area contributed by atoms with E-state index in [2.05, 4.69) is 12.2 Å². The van der Waals surface area contributed by atoms with Crippen LogP contribution in [0, 0.1) is 5.92 Å². The summed E-state index contributed by atoms with van der Waals surface area (Å²) in [7, 11) is 0. The molecule has 0 radical (unpaired) electrons. The monoisotopic (exact) mass is 256 g/mol. The van der Waals surface area contributed by atoms with Crippen molar-refractivity contribution < 1.29 is 14.7 Å². The zero-order valence-corrected chi connectivity index (χ0v) is 11.3. The van der Waals surface area contributed by atoms with Crippen LogP contribution >= 0.6 is 0 Å². The van der Waals surface area contributed by atoms with Crippen molar-refractivity contribution in [2.24, 2.45) is 5.92 Å². The number of likely N-dealkylation sites (tertiary alicyclic amines) is 1. The standard InChI is InChI=1S/C13H24N2O3/c1-3-5-6-11(12(16)17)14-13(18)15-8-7-10(4-2)9-15/h10-11H,3-9H2,1-2H3,(H,14,18)(H,16,17). The normalized spacial score (nSPS) is 20.8. The summed E-state index contributed by atoms with van der Waals surface area (Å²) in [6.07, 6.45) is 4.34. The molecule has 1 aliphatic heterocycles. The second-order valence-corrected chi connectivity index (χ2v) is 4.99. The molecule has 104 valence electrons. The van der Waals surface area contributed by atoms with E-state index < -0.39 is 12.0 Å². The molecule has 5 heteroatoms. The highest BCUT2D eigenvalue weighted by atomic mass is 16.4. The van der Waals surface area contributed by atoms with Crippen LogP contribution in [0.1, 0.15) is 46.0 Å². The van der Waals surface area contributed by atoms with Crippen molar-refractivity contribution in [2.45, 2.75) is 52.0 Å². The Morgan fingerprint density at radius 1 is 1.44 bits per heavy atom. The number of carboxylic acid groups (broad SMARTS) is 1. The molecule has 0 aromatic heterocycles. The number of amides is 2. The predicted octanol–water partition coefficient (Wildman–Crippen LogP) is 2.07. The molecule has 1 saturated heterocycles. The van der Waals surface area contributed by atoms with Gasteiger partial charge >= 0.3 is 12.0 Å². The fraction of sp³-hybridized carbons (Fsp3) is 0.846. The van der Waals surface area contributed by atoms with Gasteiger partial charge < -0.3 is 15.3 Å². The summed E-state index contributed by atoms with van der Waals surface area (Å²) in [6, 6.07) is -0.979. The fourth-order valence-corrected chi connectivity index (χ4v) is 2.26. The Morgan fingerprint density at radius 2 is 2.17 bits per heavy atom. The number of hydrogen-bond acceptors (Lipinski definition) is 2. The van der Waals surface area contributed by atoms with Crippen molar-refractivity contribution in [2.75, 3.05) is 13.1 Å². The number of rotatable bonds is 6. The average molecular weight is 256 g/mol. The summed E-state index contributed by atoms with van der Waals surface area (Å²) in [5, 5.41) is 11.7. The van der Waals surface area contributed by atoms with E-state index in [9.17, 15) is 9.59 Å². The minimum absolute atomic E-state index is 0.227. The lowest BCUT2D eigenvalue weighted by Gasteiger charge is -2.21. The Bertz CT molecular complexity index is 294. The maximum Gasteiger partial charge on any atom is 0.326 e. The summed E-state index contributed by atoms with van der Waals surface area (Å²) in [5.74, 6) is -0.377. The molecule has 2 amide bonds.